The Morgan fingerprint density at radius 2 is 1.96 bits per heavy atom. The SMILES string of the molecule is CC(C)NC(C(=O)OCc1ccccc1)C1CN2CCC1CC2. The van der Waals surface area contributed by atoms with E-state index in [9.17, 15) is 4.79 Å². The Hall–Kier alpha value is -1.39. The van der Waals surface area contributed by atoms with E-state index in [1.54, 1.807) is 0 Å². The van der Waals surface area contributed by atoms with Crippen molar-refractivity contribution in [3.63, 3.8) is 0 Å². The molecule has 4 heteroatoms. The van der Waals surface area contributed by atoms with Crippen molar-refractivity contribution >= 4 is 5.97 Å². The lowest BCUT2D eigenvalue weighted by molar-refractivity contribution is -0.151. The minimum Gasteiger partial charge on any atom is -0.460 e. The Balaban J connectivity index is 1.64. The maximum Gasteiger partial charge on any atom is 0.323 e. The van der Waals surface area contributed by atoms with Gasteiger partial charge in [0.25, 0.3) is 0 Å². The highest BCUT2D eigenvalue weighted by Gasteiger charge is 2.42. The Morgan fingerprint density at radius 3 is 2.52 bits per heavy atom. The summed E-state index contributed by atoms with van der Waals surface area (Å²) in [7, 11) is 0. The van der Waals surface area contributed by atoms with Crippen LogP contribution >= 0.6 is 0 Å². The second-order valence-corrected chi connectivity index (χ2v) is 7.19. The Kier molecular flexibility index (Phi) is 5.34. The second kappa shape index (κ2) is 7.45. The summed E-state index contributed by atoms with van der Waals surface area (Å²) in [6.07, 6.45) is 2.43. The van der Waals surface area contributed by atoms with Crippen LogP contribution in [0.15, 0.2) is 30.3 Å². The summed E-state index contributed by atoms with van der Waals surface area (Å²) < 4.78 is 5.63. The van der Waals surface area contributed by atoms with E-state index in [2.05, 4.69) is 24.1 Å². The molecule has 0 radical (unpaired) electrons. The van der Waals surface area contributed by atoms with Crippen LogP contribution < -0.4 is 5.32 Å². The zero-order chi connectivity index (χ0) is 16.2. The number of carbonyl (C=O) groups excluding carboxylic acids is 1. The third kappa shape index (κ3) is 4.12. The molecule has 0 aromatic heterocycles. The zero-order valence-electron chi connectivity index (χ0n) is 14.2. The number of nitrogens with one attached hydrogen (secondary N) is 1. The lowest BCUT2D eigenvalue weighted by atomic mass is 9.75. The van der Waals surface area contributed by atoms with Gasteiger partial charge in [-0.3, -0.25) is 4.79 Å². The first-order chi connectivity index (χ1) is 11.1. The first kappa shape index (κ1) is 16.5. The van der Waals surface area contributed by atoms with E-state index in [0.29, 0.717) is 18.4 Å². The minimum absolute atomic E-state index is 0.0960. The van der Waals surface area contributed by atoms with E-state index in [0.717, 1.165) is 12.1 Å². The van der Waals surface area contributed by atoms with Gasteiger partial charge in [-0.2, -0.15) is 0 Å². The Labute approximate surface area is 139 Å². The fourth-order valence-corrected chi connectivity index (χ4v) is 3.93. The Morgan fingerprint density at radius 1 is 1.26 bits per heavy atom. The van der Waals surface area contributed by atoms with Crippen molar-refractivity contribution in [2.24, 2.45) is 11.8 Å². The Bertz CT molecular complexity index is 509. The fraction of sp³-hybridized carbons (Fsp3) is 0.632. The first-order valence-electron chi connectivity index (χ1n) is 8.82. The minimum atomic E-state index is -0.188. The average molecular weight is 316 g/mol. The molecule has 1 N–H and O–H groups in total. The summed E-state index contributed by atoms with van der Waals surface area (Å²) in [5, 5.41) is 3.47. The van der Waals surface area contributed by atoms with E-state index in [1.807, 2.05) is 30.3 Å². The van der Waals surface area contributed by atoms with Crippen molar-refractivity contribution in [3.8, 4) is 0 Å². The number of carbonyl (C=O) groups is 1. The number of rotatable bonds is 6. The molecule has 0 spiro atoms. The van der Waals surface area contributed by atoms with Crippen molar-refractivity contribution in [3.05, 3.63) is 35.9 Å². The summed E-state index contributed by atoms with van der Waals surface area (Å²) in [6, 6.07) is 9.99. The van der Waals surface area contributed by atoms with E-state index < -0.39 is 0 Å². The molecule has 126 valence electrons. The van der Waals surface area contributed by atoms with Crippen LogP contribution in [-0.4, -0.2) is 42.6 Å². The number of benzene rings is 1. The molecule has 4 nitrogen and oxygen atoms in total. The van der Waals surface area contributed by atoms with Crippen molar-refractivity contribution in [1.29, 1.82) is 0 Å². The fourth-order valence-electron chi connectivity index (χ4n) is 3.93. The maximum absolute atomic E-state index is 12.7. The van der Waals surface area contributed by atoms with Crippen LogP contribution in [0.1, 0.15) is 32.3 Å². The van der Waals surface area contributed by atoms with Crippen molar-refractivity contribution in [2.75, 3.05) is 19.6 Å². The van der Waals surface area contributed by atoms with Gasteiger partial charge >= 0.3 is 5.97 Å². The largest absolute Gasteiger partial charge is 0.460 e. The molecule has 4 rings (SSSR count). The van der Waals surface area contributed by atoms with Crippen LogP contribution in [0.2, 0.25) is 0 Å². The standard InChI is InChI=1S/C19H28N2O2/c1-14(2)20-18(17-12-21-10-8-16(17)9-11-21)19(22)23-13-15-6-4-3-5-7-15/h3-7,14,16-18,20H,8-13H2,1-2H3. The lowest BCUT2D eigenvalue weighted by Gasteiger charge is -2.47. The van der Waals surface area contributed by atoms with Crippen LogP contribution in [0.3, 0.4) is 0 Å². The zero-order valence-corrected chi connectivity index (χ0v) is 14.2. The van der Waals surface area contributed by atoms with Gasteiger partial charge < -0.3 is 15.0 Å². The predicted molar refractivity (Wildman–Crippen MR) is 91.0 cm³/mol. The maximum atomic E-state index is 12.7. The number of piperidine rings is 3. The summed E-state index contributed by atoms with van der Waals surface area (Å²) >= 11 is 0. The molecule has 3 heterocycles. The van der Waals surface area contributed by atoms with Gasteiger partial charge in [-0.25, -0.2) is 0 Å². The molecule has 0 amide bonds. The molecule has 3 fully saturated rings. The summed E-state index contributed by atoms with van der Waals surface area (Å²) in [4.78, 5) is 15.2. The molecule has 1 aromatic rings. The topological polar surface area (TPSA) is 41.6 Å². The molecule has 2 bridgehead atoms. The quantitative estimate of drug-likeness (QED) is 0.819. The molecule has 3 saturated heterocycles. The van der Waals surface area contributed by atoms with E-state index >= 15 is 0 Å². The van der Waals surface area contributed by atoms with Gasteiger partial charge in [0.05, 0.1) is 0 Å². The summed E-state index contributed by atoms with van der Waals surface area (Å²) in [6.45, 7) is 7.95. The monoisotopic (exact) mass is 316 g/mol. The van der Waals surface area contributed by atoms with Crippen LogP contribution in [0, 0.1) is 11.8 Å². The number of ether oxygens (including phenoxy) is 1. The summed E-state index contributed by atoms with van der Waals surface area (Å²) in [5.74, 6) is 0.935. The van der Waals surface area contributed by atoms with Gasteiger partial charge in [0.15, 0.2) is 0 Å². The smallest absolute Gasteiger partial charge is 0.323 e. The number of nitrogens with zero attached hydrogens (tertiary/aromatic N) is 1. The highest BCUT2D eigenvalue weighted by atomic mass is 16.5. The highest BCUT2D eigenvalue weighted by molar-refractivity contribution is 5.76. The van der Waals surface area contributed by atoms with Gasteiger partial charge in [-0.1, -0.05) is 44.2 Å². The predicted octanol–water partition coefficient (Wildman–Crippen LogP) is 2.44. The van der Waals surface area contributed by atoms with Crippen molar-refractivity contribution in [2.45, 2.75) is 45.4 Å². The molecule has 1 aromatic carbocycles. The van der Waals surface area contributed by atoms with Crippen LogP contribution in [-0.2, 0) is 16.1 Å². The number of fused-ring (bicyclic) bond motifs is 3. The number of esters is 1. The van der Waals surface area contributed by atoms with E-state index in [4.69, 9.17) is 4.74 Å². The van der Waals surface area contributed by atoms with Gasteiger partial charge in [0.2, 0.25) is 0 Å². The number of hydrogen-bond acceptors (Lipinski definition) is 4. The molecule has 2 unspecified atom stereocenters. The van der Waals surface area contributed by atoms with E-state index in [1.165, 1.54) is 25.9 Å². The van der Waals surface area contributed by atoms with Gasteiger partial charge in [-0.05, 0) is 37.4 Å². The van der Waals surface area contributed by atoms with Crippen LogP contribution in [0.4, 0.5) is 0 Å². The molecule has 3 aliphatic heterocycles. The number of hydrogen-bond donors (Lipinski definition) is 1. The van der Waals surface area contributed by atoms with Crippen LogP contribution in [0.25, 0.3) is 0 Å². The third-order valence-electron chi connectivity index (χ3n) is 5.13. The lowest BCUT2D eigenvalue weighted by Crippen LogP contribution is -2.58. The molecule has 0 saturated carbocycles. The highest BCUT2D eigenvalue weighted by Crippen LogP contribution is 2.34. The normalized spacial score (nSPS) is 27.9. The van der Waals surface area contributed by atoms with Gasteiger partial charge in [-0.15, -0.1) is 0 Å². The molecule has 23 heavy (non-hydrogen) atoms. The van der Waals surface area contributed by atoms with Crippen LogP contribution in [0.5, 0.6) is 0 Å². The molecule has 2 atom stereocenters. The summed E-state index contributed by atoms with van der Waals surface area (Å²) in [5.41, 5.74) is 1.04. The average Bonchev–Trinajstić information content (AvgIpc) is 2.59. The van der Waals surface area contributed by atoms with Gasteiger partial charge in [0.1, 0.15) is 12.6 Å². The molecule has 0 aliphatic carbocycles. The first-order valence-corrected chi connectivity index (χ1v) is 8.82. The third-order valence-corrected chi connectivity index (χ3v) is 5.13. The second-order valence-electron chi connectivity index (χ2n) is 7.19. The molecular weight excluding hydrogens is 288 g/mol. The van der Waals surface area contributed by atoms with Crippen molar-refractivity contribution in [1.82, 2.24) is 10.2 Å². The molecular formula is C19H28N2O2. The molecule has 3 aliphatic rings. The van der Waals surface area contributed by atoms with Gasteiger partial charge in [0, 0.05) is 18.5 Å². The van der Waals surface area contributed by atoms with E-state index in [-0.39, 0.29) is 18.1 Å². The van der Waals surface area contributed by atoms with Crippen molar-refractivity contribution < 1.29 is 9.53 Å².